The highest BCUT2D eigenvalue weighted by Crippen LogP contribution is 2.37. The average Bonchev–Trinajstić information content (AvgIpc) is 2.75. The van der Waals surface area contributed by atoms with Crippen LogP contribution in [0.15, 0.2) is 28.7 Å². The molecule has 1 aromatic carbocycles. The Kier molecular flexibility index (Phi) is 4.29. The Labute approximate surface area is 129 Å². The first kappa shape index (κ1) is 14.4. The summed E-state index contributed by atoms with van der Waals surface area (Å²) in [4.78, 5) is 2.32. The first-order valence-corrected chi connectivity index (χ1v) is 7.35. The van der Waals surface area contributed by atoms with E-state index in [1.165, 1.54) is 11.3 Å². The van der Waals surface area contributed by atoms with Crippen molar-refractivity contribution >= 4 is 38.0 Å². The van der Waals surface area contributed by atoms with Crippen molar-refractivity contribution in [1.82, 2.24) is 0 Å². The van der Waals surface area contributed by atoms with Crippen molar-refractivity contribution in [2.45, 2.75) is 6.54 Å². The predicted octanol–water partition coefficient (Wildman–Crippen LogP) is 3.47. The lowest BCUT2D eigenvalue weighted by molar-refractivity contribution is 0.932. The van der Waals surface area contributed by atoms with Crippen LogP contribution in [0.25, 0.3) is 0 Å². The molecule has 2 aromatic rings. The topological polar surface area (TPSA) is 76.8 Å². The van der Waals surface area contributed by atoms with E-state index in [2.05, 4.69) is 22.0 Å². The van der Waals surface area contributed by atoms with Gasteiger partial charge in [0.25, 0.3) is 0 Å². The van der Waals surface area contributed by atoms with Crippen LogP contribution >= 0.6 is 27.3 Å². The maximum atomic E-state index is 9.20. The van der Waals surface area contributed by atoms with Crippen molar-refractivity contribution in [1.29, 1.82) is 10.5 Å². The van der Waals surface area contributed by atoms with Crippen LogP contribution in [0.2, 0.25) is 0 Å². The smallest absolute Gasteiger partial charge is 0.131 e. The molecule has 0 bridgehead atoms. The van der Waals surface area contributed by atoms with Crippen molar-refractivity contribution in [3.05, 3.63) is 44.7 Å². The van der Waals surface area contributed by atoms with Crippen molar-refractivity contribution < 1.29 is 0 Å². The second kappa shape index (κ2) is 5.96. The fourth-order valence-electron chi connectivity index (χ4n) is 1.87. The lowest BCUT2D eigenvalue weighted by Gasteiger charge is -2.17. The van der Waals surface area contributed by atoms with Gasteiger partial charge in [-0.15, -0.1) is 11.3 Å². The van der Waals surface area contributed by atoms with Gasteiger partial charge in [-0.25, -0.2) is 0 Å². The Balaban J connectivity index is 2.33. The molecule has 0 radical (unpaired) electrons. The van der Waals surface area contributed by atoms with Gasteiger partial charge in [0.2, 0.25) is 0 Å². The van der Waals surface area contributed by atoms with Crippen LogP contribution in [0.1, 0.15) is 16.0 Å². The molecule has 1 aromatic heterocycles. The van der Waals surface area contributed by atoms with Crippen molar-refractivity contribution in [2.24, 2.45) is 0 Å². The zero-order valence-corrected chi connectivity index (χ0v) is 13.1. The minimum Gasteiger partial charge on any atom is -0.396 e. The lowest BCUT2D eigenvalue weighted by Crippen LogP contribution is -2.16. The Morgan fingerprint density at radius 2 is 2.10 bits per heavy atom. The summed E-state index contributed by atoms with van der Waals surface area (Å²) in [7, 11) is 1.88. The Hall–Kier alpha value is -2.02. The lowest BCUT2D eigenvalue weighted by atomic mass is 10.2. The van der Waals surface area contributed by atoms with Gasteiger partial charge in [0.15, 0.2) is 0 Å². The molecule has 0 saturated heterocycles. The first-order valence-electron chi connectivity index (χ1n) is 5.75. The normalized spacial score (nSPS) is 9.80. The van der Waals surface area contributed by atoms with Crippen LogP contribution in [-0.2, 0) is 6.54 Å². The molecule has 0 unspecified atom stereocenters. The van der Waals surface area contributed by atoms with Crippen LogP contribution in [0.4, 0.5) is 10.7 Å². The molecule has 0 atom stereocenters. The molecule has 0 fully saturated rings. The molecule has 4 nitrogen and oxygen atoms in total. The van der Waals surface area contributed by atoms with Crippen LogP contribution in [-0.4, -0.2) is 7.05 Å². The third kappa shape index (κ3) is 2.77. The van der Waals surface area contributed by atoms with E-state index in [0.717, 1.165) is 15.0 Å². The average molecular weight is 347 g/mol. The number of nitrogens with two attached hydrogens (primary N) is 1. The van der Waals surface area contributed by atoms with E-state index in [1.54, 1.807) is 0 Å². The van der Waals surface area contributed by atoms with Crippen LogP contribution < -0.4 is 10.6 Å². The fraction of sp³-hybridized carbons (Fsp3) is 0.143. The number of nitrogen functional groups attached to an aromatic ring is 1. The summed E-state index contributed by atoms with van der Waals surface area (Å²) in [5.74, 6) is 0. The number of rotatable bonds is 3. The van der Waals surface area contributed by atoms with Gasteiger partial charge >= 0.3 is 0 Å². The van der Waals surface area contributed by atoms with E-state index in [9.17, 15) is 5.26 Å². The third-order valence-corrected chi connectivity index (χ3v) is 4.51. The molecular weight excluding hydrogens is 336 g/mol. The quantitative estimate of drug-likeness (QED) is 0.922. The maximum absolute atomic E-state index is 9.20. The molecule has 0 amide bonds. The van der Waals surface area contributed by atoms with Gasteiger partial charge in [0, 0.05) is 18.1 Å². The number of nitriles is 2. The van der Waals surface area contributed by atoms with Gasteiger partial charge in [-0.2, -0.15) is 10.5 Å². The van der Waals surface area contributed by atoms with Gasteiger partial charge in [0.05, 0.1) is 5.69 Å². The minimum absolute atomic E-state index is 0.274. The summed E-state index contributed by atoms with van der Waals surface area (Å²) in [6.07, 6.45) is 0. The summed E-state index contributed by atoms with van der Waals surface area (Å²) < 4.78 is 1.01. The number of hydrogen-bond acceptors (Lipinski definition) is 5. The number of benzene rings is 1. The Bertz CT molecular complexity index is 724. The third-order valence-electron chi connectivity index (χ3n) is 2.80. The predicted molar refractivity (Wildman–Crippen MR) is 84.4 cm³/mol. The van der Waals surface area contributed by atoms with Crippen molar-refractivity contribution in [3.8, 4) is 12.1 Å². The molecule has 0 aliphatic heterocycles. The van der Waals surface area contributed by atoms with Crippen molar-refractivity contribution in [3.63, 3.8) is 0 Å². The van der Waals surface area contributed by atoms with E-state index in [-0.39, 0.29) is 5.69 Å². The van der Waals surface area contributed by atoms with E-state index >= 15 is 0 Å². The van der Waals surface area contributed by atoms with E-state index in [0.29, 0.717) is 17.0 Å². The van der Waals surface area contributed by atoms with Crippen LogP contribution in [0, 0.1) is 22.7 Å². The van der Waals surface area contributed by atoms with Gasteiger partial charge in [-0.1, -0.05) is 28.1 Å². The monoisotopic (exact) mass is 346 g/mol. The number of thiophene rings is 1. The molecule has 0 saturated carbocycles. The molecule has 0 aliphatic rings. The molecular formula is C14H11BrN4S. The largest absolute Gasteiger partial charge is 0.396 e. The first-order chi connectivity index (χ1) is 9.56. The van der Waals surface area contributed by atoms with Gasteiger partial charge < -0.3 is 10.6 Å². The molecule has 1 heterocycles. The van der Waals surface area contributed by atoms with Gasteiger partial charge in [-0.05, 0) is 17.7 Å². The van der Waals surface area contributed by atoms with E-state index in [4.69, 9.17) is 11.0 Å². The number of hydrogen-bond donors (Lipinski definition) is 1. The summed E-state index contributed by atoms with van der Waals surface area (Å²) in [6.45, 7) is 0.638. The highest BCUT2D eigenvalue weighted by molar-refractivity contribution is 9.10. The highest BCUT2D eigenvalue weighted by atomic mass is 79.9. The fourth-order valence-corrected chi connectivity index (χ4v) is 3.25. The molecule has 2 rings (SSSR count). The molecule has 2 N–H and O–H groups in total. The summed E-state index contributed by atoms with van der Waals surface area (Å²) in [5.41, 5.74) is 7.57. The summed E-state index contributed by atoms with van der Waals surface area (Å²) >= 11 is 4.68. The van der Waals surface area contributed by atoms with Gasteiger partial charge in [-0.3, -0.25) is 0 Å². The maximum Gasteiger partial charge on any atom is 0.131 e. The van der Waals surface area contributed by atoms with Gasteiger partial charge in [0.1, 0.15) is 27.6 Å². The zero-order chi connectivity index (χ0) is 14.7. The highest BCUT2D eigenvalue weighted by Gasteiger charge is 2.18. The van der Waals surface area contributed by atoms with E-state index < -0.39 is 0 Å². The second-order valence-electron chi connectivity index (χ2n) is 4.23. The minimum atomic E-state index is 0.274. The number of halogens is 1. The second-order valence-corrected chi connectivity index (χ2v) is 6.15. The Morgan fingerprint density at radius 3 is 2.70 bits per heavy atom. The van der Waals surface area contributed by atoms with E-state index in [1.807, 2.05) is 42.3 Å². The number of anilines is 2. The molecule has 0 spiro atoms. The Morgan fingerprint density at radius 1 is 1.35 bits per heavy atom. The SMILES string of the molecule is CN(Cc1cccc(Br)c1)c1sc(C#N)c(N)c1C#N. The molecule has 20 heavy (non-hydrogen) atoms. The van der Waals surface area contributed by atoms with Crippen LogP contribution in [0.5, 0.6) is 0 Å². The molecule has 0 aliphatic carbocycles. The summed E-state index contributed by atoms with van der Waals surface area (Å²) in [6, 6.07) is 12.1. The summed E-state index contributed by atoms with van der Waals surface area (Å²) in [5, 5.41) is 18.9. The van der Waals surface area contributed by atoms with Crippen LogP contribution in [0.3, 0.4) is 0 Å². The molecule has 100 valence electrons. The van der Waals surface area contributed by atoms with Crippen molar-refractivity contribution in [2.75, 3.05) is 17.7 Å². The molecule has 6 heteroatoms. The number of nitrogens with zero attached hydrogens (tertiary/aromatic N) is 3. The zero-order valence-electron chi connectivity index (χ0n) is 10.7. The standard InChI is InChI=1S/C14H11BrN4S/c1-19(8-9-3-2-4-10(15)5-9)14-11(6-16)13(18)12(7-17)20-14/h2-5H,8,18H2,1H3.